The molecule has 0 aromatic heterocycles. The number of rotatable bonds is 1. The highest BCUT2D eigenvalue weighted by molar-refractivity contribution is 7.83. The van der Waals surface area contributed by atoms with E-state index in [9.17, 15) is 4.21 Å². The molecule has 9 heteroatoms. The van der Waals surface area contributed by atoms with E-state index in [0.29, 0.717) is 0 Å². The summed E-state index contributed by atoms with van der Waals surface area (Å²) in [6.07, 6.45) is 2.72. The number of aliphatic hydroxyl groups is 2. The van der Waals surface area contributed by atoms with Crippen molar-refractivity contribution in [3.05, 3.63) is 0 Å². The minimum Gasteiger partial charge on any atom is -0.394 e. The van der Waals surface area contributed by atoms with E-state index in [1.807, 2.05) is 0 Å². The van der Waals surface area contributed by atoms with Crippen LogP contribution in [0.5, 0.6) is 0 Å². The Balaban J connectivity index is -0.000000131. The van der Waals surface area contributed by atoms with Gasteiger partial charge < -0.3 is 24.9 Å². The summed E-state index contributed by atoms with van der Waals surface area (Å²) in [5.74, 6) is 0. The number of aliphatic hydroxyl groups excluding tert-OH is 2. The second-order valence-electron chi connectivity index (χ2n) is 2.29. The summed E-state index contributed by atoms with van der Waals surface area (Å²) in [5.41, 5.74) is 0. The topological polar surface area (TPSA) is 135 Å². The fourth-order valence-electron chi connectivity index (χ4n) is 0. The Bertz CT molecular complexity index is 165. The molecule has 0 aliphatic heterocycles. The lowest BCUT2D eigenvalue weighted by molar-refractivity contribution is 0.110. The Morgan fingerprint density at radius 3 is 1.36 bits per heavy atom. The molecule has 0 aromatic rings. The second-order valence-corrected chi connectivity index (χ2v) is 4.80. The molecule has 0 saturated heterocycles. The van der Waals surface area contributed by atoms with Crippen molar-refractivity contribution in [2.75, 3.05) is 19.1 Å². The lowest BCUT2D eigenvalue weighted by Gasteiger charge is -1.90. The van der Waals surface area contributed by atoms with Crippen LogP contribution in [0.4, 0.5) is 0 Å². The van der Waals surface area contributed by atoms with Crippen LogP contribution in [-0.4, -0.2) is 54.3 Å². The fourth-order valence-corrected chi connectivity index (χ4v) is 0. The maximum Gasteiger partial charge on any atom is 0.466 e. The zero-order valence-electron chi connectivity index (χ0n) is 8.19. The van der Waals surface area contributed by atoms with Crippen molar-refractivity contribution in [1.29, 1.82) is 0 Å². The molecule has 0 fully saturated rings. The normalized spacial score (nSPS) is 12.1. The predicted molar refractivity (Wildman–Crippen MR) is 53.0 cm³/mol. The van der Waals surface area contributed by atoms with E-state index < -0.39 is 24.7 Å². The van der Waals surface area contributed by atoms with Gasteiger partial charge in [-0.3, -0.25) is 4.21 Å². The van der Waals surface area contributed by atoms with Crippen molar-refractivity contribution in [2.45, 2.75) is 13.0 Å². The van der Waals surface area contributed by atoms with E-state index in [1.165, 1.54) is 6.92 Å². The molecule has 0 spiro atoms. The van der Waals surface area contributed by atoms with Crippen LogP contribution in [0.3, 0.4) is 0 Å². The monoisotopic (exact) mass is 252 g/mol. The molecule has 5 N–H and O–H groups in total. The first kappa shape index (κ1) is 19.7. The molecular formula is C5H17O7PS. The average Bonchev–Trinajstić information content (AvgIpc) is 1.82. The molecule has 0 radical (unpaired) electrons. The molecule has 0 rings (SSSR count). The third-order valence-electron chi connectivity index (χ3n) is 0.264. The molecule has 0 aromatic carbocycles. The van der Waals surface area contributed by atoms with Crippen molar-refractivity contribution in [3.63, 3.8) is 0 Å². The lowest BCUT2D eigenvalue weighted by atomic mass is 10.5. The predicted octanol–water partition coefficient (Wildman–Crippen LogP) is -1.57. The lowest BCUT2D eigenvalue weighted by Crippen LogP contribution is -2.03. The Kier molecular flexibility index (Phi) is 15.8. The largest absolute Gasteiger partial charge is 0.466 e. The van der Waals surface area contributed by atoms with E-state index in [-0.39, 0.29) is 6.61 Å². The molecule has 14 heavy (non-hydrogen) atoms. The highest BCUT2D eigenvalue weighted by Crippen LogP contribution is 2.25. The van der Waals surface area contributed by atoms with Crippen LogP contribution in [0.2, 0.25) is 0 Å². The molecule has 1 atom stereocenters. The highest BCUT2D eigenvalue weighted by Gasteiger charge is 2.00. The van der Waals surface area contributed by atoms with Gasteiger partial charge in [0.2, 0.25) is 0 Å². The molecule has 0 aliphatic rings. The molecule has 0 bridgehead atoms. The van der Waals surface area contributed by atoms with Gasteiger partial charge in [-0.2, -0.15) is 0 Å². The third kappa shape index (κ3) is 320. The Morgan fingerprint density at radius 1 is 1.29 bits per heavy atom. The molecule has 7 nitrogen and oxygen atoms in total. The maximum atomic E-state index is 9.56. The van der Waals surface area contributed by atoms with Crippen molar-refractivity contribution in [2.24, 2.45) is 0 Å². The minimum atomic E-state index is -4.64. The van der Waals surface area contributed by atoms with Crippen molar-refractivity contribution < 1.29 is 33.7 Å². The van der Waals surface area contributed by atoms with Gasteiger partial charge in [-0.25, -0.2) is 4.57 Å². The van der Waals surface area contributed by atoms with Gasteiger partial charge in [0, 0.05) is 23.3 Å². The molecule has 0 saturated carbocycles. The molecule has 0 amide bonds. The van der Waals surface area contributed by atoms with E-state index >= 15 is 0 Å². The Hall–Kier alpha value is 0.180. The van der Waals surface area contributed by atoms with E-state index in [1.54, 1.807) is 12.5 Å². The maximum absolute atomic E-state index is 9.56. The van der Waals surface area contributed by atoms with E-state index in [4.69, 9.17) is 29.5 Å². The van der Waals surface area contributed by atoms with Gasteiger partial charge in [0.05, 0.1) is 12.7 Å². The van der Waals surface area contributed by atoms with Gasteiger partial charge in [0.1, 0.15) is 0 Å². The summed E-state index contributed by atoms with van der Waals surface area (Å²) in [4.78, 5) is 21.6. The van der Waals surface area contributed by atoms with Gasteiger partial charge in [0.25, 0.3) is 0 Å². The quantitative estimate of drug-likeness (QED) is 0.355. The van der Waals surface area contributed by atoms with Gasteiger partial charge in [-0.1, -0.05) is 0 Å². The van der Waals surface area contributed by atoms with Crippen LogP contribution in [0, 0.1) is 0 Å². The summed E-state index contributed by atoms with van der Waals surface area (Å²) in [6.45, 7) is 1.39. The summed E-state index contributed by atoms with van der Waals surface area (Å²) in [6, 6.07) is 0. The van der Waals surface area contributed by atoms with Gasteiger partial charge in [-0.15, -0.1) is 0 Å². The van der Waals surface area contributed by atoms with Gasteiger partial charge >= 0.3 is 7.82 Å². The SMILES string of the molecule is CC(O)CO.CS(C)=O.O=P(O)(O)O. The first-order chi connectivity index (χ1) is 6.00. The average molecular weight is 252 g/mol. The number of phosphoric acid groups is 1. The first-order valence-electron chi connectivity index (χ1n) is 3.33. The molecule has 0 heterocycles. The van der Waals surface area contributed by atoms with Crippen LogP contribution in [0.1, 0.15) is 6.92 Å². The molecular weight excluding hydrogens is 235 g/mol. The van der Waals surface area contributed by atoms with Gasteiger partial charge in [-0.05, 0) is 6.92 Å². The summed E-state index contributed by atoms with van der Waals surface area (Å²) < 4.78 is 18.4. The summed E-state index contributed by atoms with van der Waals surface area (Å²) >= 11 is 0. The summed E-state index contributed by atoms with van der Waals surface area (Å²) in [5, 5.41) is 16.0. The minimum absolute atomic E-state index is 0.139. The number of hydrogen-bond donors (Lipinski definition) is 5. The third-order valence-corrected chi connectivity index (χ3v) is 0.264. The Morgan fingerprint density at radius 2 is 1.36 bits per heavy atom. The number of hydrogen-bond acceptors (Lipinski definition) is 4. The van der Waals surface area contributed by atoms with Gasteiger partial charge in [0.15, 0.2) is 0 Å². The Labute approximate surface area is 85.1 Å². The van der Waals surface area contributed by atoms with E-state index in [0.717, 1.165) is 0 Å². The standard InChI is InChI=1S/C3H8O2.C2H6OS.H3O4P/c1-3(5)2-4;1-4(2)3;1-5(2,3)4/h3-5H,2H2,1H3;1-2H3;(H3,1,2,3,4). The fraction of sp³-hybridized carbons (Fsp3) is 1.00. The summed E-state index contributed by atoms with van der Waals surface area (Å²) in [7, 11) is -5.25. The van der Waals surface area contributed by atoms with Crippen molar-refractivity contribution in [1.82, 2.24) is 0 Å². The molecule has 90 valence electrons. The van der Waals surface area contributed by atoms with E-state index in [2.05, 4.69) is 0 Å². The van der Waals surface area contributed by atoms with Crippen LogP contribution in [-0.2, 0) is 15.4 Å². The second kappa shape index (κ2) is 11.3. The van der Waals surface area contributed by atoms with Crippen LogP contribution in [0.25, 0.3) is 0 Å². The van der Waals surface area contributed by atoms with Crippen LogP contribution >= 0.6 is 7.82 Å². The zero-order chi connectivity index (χ0) is 12.4. The smallest absolute Gasteiger partial charge is 0.394 e. The first-order valence-corrected chi connectivity index (χ1v) is 6.86. The molecule has 0 aliphatic carbocycles. The zero-order valence-corrected chi connectivity index (χ0v) is 9.90. The molecule has 1 unspecified atom stereocenters. The van der Waals surface area contributed by atoms with Crippen LogP contribution in [0.15, 0.2) is 0 Å². The van der Waals surface area contributed by atoms with Crippen molar-refractivity contribution >= 4 is 18.6 Å². The van der Waals surface area contributed by atoms with Crippen LogP contribution < -0.4 is 0 Å². The van der Waals surface area contributed by atoms with Crippen molar-refractivity contribution in [3.8, 4) is 0 Å². The highest BCUT2D eigenvalue weighted by atomic mass is 32.2.